The van der Waals surface area contributed by atoms with Crippen LogP contribution < -0.4 is 10.6 Å². The summed E-state index contributed by atoms with van der Waals surface area (Å²) in [5.41, 5.74) is 2.20. The number of carbonyl (C=O) groups is 2. The highest BCUT2D eigenvalue weighted by atomic mass is 19.2. The summed E-state index contributed by atoms with van der Waals surface area (Å²) in [7, 11) is 1.53. The van der Waals surface area contributed by atoms with Crippen molar-refractivity contribution in [1.29, 1.82) is 0 Å². The lowest BCUT2D eigenvalue weighted by Gasteiger charge is -2.18. The van der Waals surface area contributed by atoms with E-state index in [1.807, 2.05) is 13.8 Å². The molecule has 0 radical (unpaired) electrons. The van der Waals surface area contributed by atoms with E-state index >= 15 is 0 Å². The van der Waals surface area contributed by atoms with Crippen molar-refractivity contribution >= 4 is 11.8 Å². The molecule has 150 valence electrons. The summed E-state index contributed by atoms with van der Waals surface area (Å²) < 4.78 is 28.4. The molecule has 1 aromatic heterocycles. The highest BCUT2D eigenvalue weighted by Gasteiger charge is 2.29. The minimum atomic E-state index is -0.970. The van der Waals surface area contributed by atoms with Gasteiger partial charge in [0.25, 0.3) is 5.91 Å². The van der Waals surface area contributed by atoms with Gasteiger partial charge in [-0.3, -0.25) is 9.59 Å². The van der Waals surface area contributed by atoms with E-state index < -0.39 is 23.6 Å². The second-order valence-corrected chi connectivity index (χ2v) is 7.41. The van der Waals surface area contributed by atoms with Gasteiger partial charge in [-0.25, -0.2) is 13.5 Å². The highest BCUT2D eigenvalue weighted by Crippen LogP contribution is 2.28. The van der Waals surface area contributed by atoms with E-state index in [0.717, 1.165) is 29.8 Å². The fourth-order valence-electron chi connectivity index (χ4n) is 3.55. The molecule has 28 heavy (non-hydrogen) atoms. The van der Waals surface area contributed by atoms with Crippen LogP contribution in [0, 0.1) is 17.6 Å². The van der Waals surface area contributed by atoms with Crippen LogP contribution in [-0.4, -0.2) is 34.7 Å². The largest absolute Gasteiger partial charge is 0.357 e. The lowest BCUT2D eigenvalue weighted by molar-refractivity contribution is -0.122. The van der Waals surface area contributed by atoms with E-state index in [9.17, 15) is 18.4 Å². The minimum Gasteiger partial charge on any atom is -0.357 e. The van der Waals surface area contributed by atoms with Crippen molar-refractivity contribution in [1.82, 2.24) is 20.4 Å². The van der Waals surface area contributed by atoms with Gasteiger partial charge in [-0.15, -0.1) is 0 Å². The van der Waals surface area contributed by atoms with E-state index in [-0.39, 0.29) is 17.5 Å². The van der Waals surface area contributed by atoms with Crippen LogP contribution in [0.2, 0.25) is 0 Å². The van der Waals surface area contributed by atoms with Crippen LogP contribution in [-0.2, 0) is 17.6 Å². The molecule has 1 unspecified atom stereocenters. The second kappa shape index (κ2) is 8.08. The number of fused-ring (bicyclic) bond motifs is 1. The first kappa shape index (κ1) is 20.0. The molecule has 2 N–H and O–H groups in total. The van der Waals surface area contributed by atoms with Crippen LogP contribution in [0.25, 0.3) is 5.69 Å². The van der Waals surface area contributed by atoms with E-state index in [4.69, 9.17) is 0 Å². The Bertz CT molecular complexity index is 908. The normalized spacial score (nSPS) is 14.1. The lowest BCUT2D eigenvalue weighted by Crippen LogP contribution is -2.46. The Morgan fingerprint density at radius 2 is 1.96 bits per heavy atom. The maximum atomic E-state index is 13.7. The molecule has 1 atom stereocenters. The number of amides is 2. The zero-order chi connectivity index (χ0) is 20.4. The van der Waals surface area contributed by atoms with Crippen molar-refractivity contribution in [2.45, 2.75) is 45.6 Å². The average molecular weight is 390 g/mol. The number of nitrogens with one attached hydrogen (secondary N) is 2. The van der Waals surface area contributed by atoms with Crippen LogP contribution in [0.5, 0.6) is 0 Å². The molecule has 3 rings (SSSR count). The Labute approximate surface area is 162 Å². The Morgan fingerprint density at radius 1 is 1.21 bits per heavy atom. The minimum absolute atomic E-state index is 0.216. The molecule has 0 fully saturated rings. The number of aromatic nitrogens is 2. The van der Waals surface area contributed by atoms with Crippen molar-refractivity contribution in [3.8, 4) is 5.69 Å². The molecule has 0 bridgehead atoms. The number of hydrogen-bond donors (Lipinski definition) is 2. The van der Waals surface area contributed by atoms with Gasteiger partial charge < -0.3 is 10.6 Å². The molecular weight excluding hydrogens is 366 g/mol. The van der Waals surface area contributed by atoms with Crippen LogP contribution in [0.15, 0.2) is 18.2 Å². The van der Waals surface area contributed by atoms with Gasteiger partial charge in [0.15, 0.2) is 17.3 Å². The number of halogens is 2. The van der Waals surface area contributed by atoms with Gasteiger partial charge in [-0.2, -0.15) is 5.10 Å². The monoisotopic (exact) mass is 390 g/mol. The van der Waals surface area contributed by atoms with Gasteiger partial charge in [0.2, 0.25) is 5.91 Å². The summed E-state index contributed by atoms with van der Waals surface area (Å²) in [6, 6.07) is 2.87. The Hall–Kier alpha value is -2.77. The average Bonchev–Trinajstić information content (AvgIpc) is 3.25. The molecule has 6 nitrogen and oxygen atoms in total. The predicted molar refractivity (Wildman–Crippen MR) is 100 cm³/mol. The maximum absolute atomic E-state index is 13.7. The third-order valence-corrected chi connectivity index (χ3v) is 4.87. The zero-order valence-electron chi connectivity index (χ0n) is 16.2. The number of carbonyl (C=O) groups excluding carboxylic acids is 2. The molecule has 2 aromatic rings. The van der Waals surface area contributed by atoms with Crippen molar-refractivity contribution in [2.75, 3.05) is 7.05 Å². The van der Waals surface area contributed by atoms with Gasteiger partial charge in [-0.05, 0) is 43.7 Å². The van der Waals surface area contributed by atoms with E-state index in [0.29, 0.717) is 24.9 Å². The third-order valence-electron chi connectivity index (χ3n) is 4.87. The first-order valence-corrected chi connectivity index (χ1v) is 9.40. The number of likely N-dealkylation sites (N-methyl/N-ethyl adjacent to an activating group) is 1. The Kier molecular flexibility index (Phi) is 5.76. The van der Waals surface area contributed by atoms with E-state index in [1.54, 1.807) is 0 Å². The summed E-state index contributed by atoms with van der Waals surface area (Å²) in [6.07, 6.45) is 2.72. The predicted octanol–water partition coefficient (Wildman–Crippen LogP) is 2.53. The van der Waals surface area contributed by atoms with Crippen LogP contribution in [0.3, 0.4) is 0 Å². The Balaban J connectivity index is 1.93. The van der Waals surface area contributed by atoms with Crippen LogP contribution in [0.1, 0.15) is 48.4 Å². The molecule has 0 aliphatic heterocycles. The summed E-state index contributed by atoms with van der Waals surface area (Å²) in [5, 5.41) is 9.71. The summed E-state index contributed by atoms with van der Waals surface area (Å²) in [5.74, 6) is -2.39. The second-order valence-electron chi connectivity index (χ2n) is 7.41. The number of rotatable bonds is 6. The Morgan fingerprint density at radius 3 is 2.61 bits per heavy atom. The van der Waals surface area contributed by atoms with Gasteiger partial charge in [0, 0.05) is 24.4 Å². The molecule has 8 heteroatoms. The van der Waals surface area contributed by atoms with Crippen LogP contribution in [0.4, 0.5) is 8.78 Å². The highest BCUT2D eigenvalue weighted by molar-refractivity contribution is 5.97. The standard InChI is InChI=1S/C20H24F2N4O2/c1-11(2)9-16(19(27)23-3)24-20(28)18-13-5-4-6-17(13)26(25-18)12-7-8-14(21)15(22)10-12/h7-8,10-11,16H,4-6,9H2,1-3H3,(H,23,27)(H,24,28). The maximum Gasteiger partial charge on any atom is 0.272 e. The smallest absolute Gasteiger partial charge is 0.272 e. The van der Waals surface area contributed by atoms with Crippen molar-refractivity contribution in [2.24, 2.45) is 5.92 Å². The molecule has 0 saturated carbocycles. The van der Waals surface area contributed by atoms with Gasteiger partial charge in [0.05, 0.1) is 5.69 Å². The summed E-state index contributed by atoms with van der Waals surface area (Å²) >= 11 is 0. The first-order valence-electron chi connectivity index (χ1n) is 9.40. The lowest BCUT2D eigenvalue weighted by atomic mass is 10.0. The molecular formula is C20H24F2N4O2. The summed E-state index contributed by atoms with van der Waals surface area (Å²) in [6.45, 7) is 3.94. The zero-order valence-corrected chi connectivity index (χ0v) is 16.2. The molecule has 1 aliphatic rings. The summed E-state index contributed by atoms with van der Waals surface area (Å²) in [4.78, 5) is 25.0. The fourth-order valence-corrected chi connectivity index (χ4v) is 3.55. The number of benzene rings is 1. The molecule has 1 aliphatic carbocycles. The molecule has 2 amide bonds. The third kappa shape index (κ3) is 3.90. The van der Waals surface area contributed by atoms with E-state index in [2.05, 4.69) is 15.7 Å². The van der Waals surface area contributed by atoms with E-state index in [1.165, 1.54) is 17.8 Å². The molecule has 1 aromatic carbocycles. The topological polar surface area (TPSA) is 76.0 Å². The fraction of sp³-hybridized carbons (Fsp3) is 0.450. The van der Waals surface area contributed by atoms with Crippen molar-refractivity contribution in [3.05, 3.63) is 46.8 Å². The molecule has 0 saturated heterocycles. The van der Waals surface area contributed by atoms with Crippen LogP contribution >= 0.6 is 0 Å². The first-order chi connectivity index (χ1) is 13.3. The number of hydrogen-bond acceptors (Lipinski definition) is 3. The van der Waals surface area contributed by atoms with Crippen molar-refractivity contribution < 1.29 is 18.4 Å². The quantitative estimate of drug-likeness (QED) is 0.796. The number of nitrogens with zero attached hydrogens (tertiary/aromatic N) is 2. The molecule has 0 spiro atoms. The van der Waals surface area contributed by atoms with Gasteiger partial charge >= 0.3 is 0 Å². The molecule has 1 heterocycles. The SMILES string of the molecule is CNC(=O)C(CC(C)C)NC(=O)c1nn(-c2ccc(F)c(F)c2)c2c1CCC2. The van der Waals surface area contributed by atoms with Gasteiger partial charge in [-0.1, -0.05) is 13.8 Å². The van der Waals surface area contributed by atoms with Crippen molar-refractivity contribution in [3.63, 3.8) is 0 Å². The van der Waals surface area contributed by atoms with Gasteiger partial charge in [0.1, 0.15) is 6.04 Å².